The van der Waals surface area contributed by atoms with Crippen LogP contribution in [0.1, 0.15) is 35.2 Å². The highest BCUT2D eigenvalue weighted by Gasteiger charge is 2.20. The summed E-state index contributed by atoms with van der Waals surface area (Å²) in [5, 5.41) is 3.47. The van der Waals surface area contributed by atoms with E-state index >= 15 is 0 Å². The molecule has 1 N–H and O–H groups in total. The molecule has 3 aromatic rings. The largest absolute Gasteiger partial charge is 0.364 e. The fraction of sp³-hybridized carbons (Fsp3) is 0.222. The zero-order chi connectivity index (χ0) is 16.1. The van der Waals surface area contributed by atoms with Gasteiger partial charge in [0.15, 0.2) is 11.5 Å². The van der Waals surface area contributed by atoms with Crippen molar-refractivity contribution < 1.29 is 4.79 Å². The van der Waals surface area contributed by atoms with Crippen molar-refractivity contribution >= 4 is 23.6 Å². The van der Waals surface area contributed by atoms with Crippen molar-refractivity contribution in [2.45, 2.75) is 25.3 Å². The number of carbonyl (C=O) groups is 1. The van der Waals surface area contributed by atoms with Crippen LogP contribution >= 0.6 is 0 Å². The number of hydrogen-bond donors (Lipinski definition) is 1. The van der Waals surface area contributed by atoms with Gasteiger partial charge >= 0.3 is 0 Å². The van der Waals surface area contributed by atoms with Gasteiger partial charge in [-0.05, 0) is 31.4 Å². The number of aliphatic imine (C=N–C) groups is 1. The average Bonchev–Trinajstić information content (AvgIpc) is 3.18. The first-order chi connectivity index (χ1) is 11.8. The van der Waals surface area contributed by atoms with Crippen LogP contribution in [-0.2, 0) is 0 Å². The zero-order valence-corrected chi connectivity index (χ0v) is 12.9. The van der Waals surface area contributed by atoms with Gasteiger partial charge in [0.05, 0.1) is 17.5 Å². The quantitative estimate of drug-likeness (QED) is 0.806. The minimum absolute atomic E-state index is 0.178. The molecule has 1 aliphatic carbocycles. The van der Waals surface area contributed by atoms with Crippen molar-refractivity contribution in [3.63, 3.8) is 0 Å². The fourth-order valence-electron chi connectivity index (χ4n) is 3.20. The van der Waals surface area contributed by atoms with Crippen LogP contribution in [0.15, 0.2) is 41.8 Å². The lowest BCUT2D eigenvalue weighted by molar-refractivity contribution is 0.101. The van der Waals surface area contributed by atoms with Crippen molar-refractivity contribution in [1.82, 2.24) is 14.4 Å². The Morgan fingerprint density at radius 3 is 2.96 bits per heavy atom. The first kappa shape index (κ1) is 13.4. The van der Waals surface area contributed by atoms with Gasteiger partial charge < -0.3 is 5.32 Å². The smallest absolute Gasteiger partial charge is 0.277 e. The predicted molar refractivity (Wildman–Crippen MR) is 91.6 cm³/mol. The number of benzene rings is 1. The Hall–Kier alpha value is -3.02. The van der Waals surface area contributed by atoms with Gasteiger partial charge in [0, 0.05) is 35.8 Å². The van der Waals surface area contributed by atoms with E-state index in [-0.39, 0.29) is 5.91 Å². The highest BCUT2D eigenvalue weighted by Crippen LogP contribution is 2.28. The summed E-state index contributed by atoms with van der Waals surface area (Å²) in [6, 6.07) is 6.23. The number of nitrogens with zero attached hydrogens (tertiary/aromatic N) is 4. The number of anilines is 1. The first-order valence-electron chi connectivity index (χ1n) is 8.11. The maximum Gasteiger partial charge on any atom is 0.277 e. The summed E-state index contributed by atoms with van der Waals surface area (Å²) in [4.78, 5) is 24.5. The Morgan fingerprint density at radius 1 is 1.21 bits per heavy atom. The highest BCUT2D eigenvalue weighted by molar-refractivity contribution is 6.13. The van der Waals surface area contributed by atoms with E-state index < -0.39 is 0 Å². The SMILES string of the molecule is O=C1N=Cc2cc(-c3cnc(NC4CCC4)c4nccn34)ccc21. The number of imidazole rings is 1. The molecule has 1 aromatic carbocycles. The molecule has 1 fully saturated rings. The van der Waals surface area contributed by atoms with Crippen LogP contribution in [0.25, 0.3) is 16.9 Å². The number of rotatable bonds is 3. The number of amides is 1. The second-order valence-corrected chi connectivity index (χ2v) is 6.25. The Morgan fingerprint density at radius 2 is 2.12 bits per heavy atom. The van der Waals surface area contributed by atoms with Crippen molar-refractivity contribution in [2.75, 3.05) is 5.32 Å². The van der Waals surface area contributed by atoms with Crippen LogP contribution in [-0.4, -0.2) is 32.5 Å². The lowest BCUT2D eigenvalue weighted by Gasteiger charge is -2.27. The zero-order valence-electron chi connectivity index (χ0n) is 12.9. The van der Waals surface area contributed by atoms with Crippen LogP contribution < -0.4 is 5.32 Å². The second-order valence-electron chi connectivity index (χ2n) is 6.25. The summed E-state index contributed by atoms with van der Waals surface area (Å²) in [6.45, 7) is 0. The molecule has 6 nitrogen and oxygen atoms in total. The van der Waals surface area contributed by atoms with Gasteiger partial charge in [-0.2, -0.15) is 0 Å². The first-order valence-corrected chi connectivity index (χ1v) is 8.11. The Labute approximate surface area is 138 Å². The Balaban J connectivity index is 1.60. The monoisotopic (exact) mass is 317 g/mol. The van der Waals surface area contributed by atoms with Gasteiger partial charge in [0.1, 0.15) is 0 Å². The standard InChI is InChI=1S/C18H15N5O/c24-18-14-5-4-11(8-12(14)9-21-18)15-10-20-16(22-13-2-1-3-13)17-19-6-7-23(15)17/h4-10,13H,1-3H2,(H,20,22). The van der Waals surface area contributed by atoms with E-state index in [0.29, 0.717) is 11.6 Å². The molecule has 0 radical (unpaired) electrons. The highest BCUT2D eigenvalue weighted by atomic mass is 16.1. The van der Waals surface area contributed by atoms with Crippen LogP contribution in [0.4, 0.5) is 5.82 Å². The third-order valence-corrected chi connectivity index (χ3v) is 4.77. The molecule has 0 spiro atoms. The maximum atomic E-state index is 11.6. The number of aromatic nitrogens is 3. The van der Waals surface area contributed by atoms with Gasteiger partial charge in [-0.15, -0.1) is 0 Å². The molecule has 2 aliphatic rings. The van der Waals surface area contributed by atoms with Crippen LogP contribution in [0.5, 0.6) is 0 Å². The topological polar surface area (TPSA) is 71.7 Å². The minimum Gasteiger partial charge on any atom is -0.364 e. The molecule has 118 valence electrons. The predicted octanol–water partition coefficient (Wildman–Crippen LogP) is 2.93. The molecule has 6 heteroatoms. The number of fused-ring (bicyclic) bond motifs is 2. The normalized spacial score (nSPS) is 16.4. The molecule has 3 heterocycles. The third kappa shape index (κ3) is 1.96. The van der Waals surface area contributed by atoms with Crippen LogP contribution in [0.3, 0.4) is 0 Å². The third-order valence-electron chi connectivity index (χ3n) is 4.77. The molecule has 24 heavy (non-hydrogen) atoms. The van der Waals surface area contributed by atoms with E-state index in [0.717, 1.165) is 28.3 Å². The van der Waals surface area contributed by atoms with Crippen molar-refractivity contribution in [3.8, 4) is 11.3 Å². The van der Waals surface area contributed by atoms with E-state index in [4.69, 9.17) is 0 Å². The summed E-state index contributed by atoms with van der Waals surface area (Å²) >= 11 is 0. The van der Waals surface area contributed by atoms with Crippen molar-refractivity contribution in [2.24, 2.45) is 4.99 Å². The van der Waals surface area contributed by atoms with E-state index in [9.17, 15) is 4.79 Å². The van der Waals surface area contributed by atoms with Gasteiger partial charge in [0.25, 0.3) is 5.91 Å². The summed E-state index contributed by atoms with van der Waals surface area (Å²) < 4.78 is 2.03. The summed E-state index contributed by atoms with van der Waals surface area (Å²) in [5.41, 5.74) is 4.25. The summed E-state index contributed by atoms with van der Waals surface area (Å²) in [7, 11) is 0. The lowest BCUT2D eigenvalue weighted by atomic mass is 9.93. The molecule has 0 bridgehead atoms. The number of nitrogens with one attached hydrogen (secondary N) is 1. The van der Waals surface area contributed by atoms with Crippen LogP contribution in [0.2, 0.25) is 0 Å². The Kier molecular flexibility index (Phi) is 2.79. The molecule has 1 aliphatic heterocycles. The fourth-order valence-corrected chi connectivity index (χ4v) is 3.20. The van der Waals surface area contributed by atoms with Gasteiger partial charge in [-0.1, -0.05) is 6.07 Å². The van der Waals surface area contributed by atoms with E-state index in [1.165, 1.54) is 19.3 Å². The molecule has 1 amide bonds. The summed E-state index contributed by atoms with van der Waals surface area (Å²) in [6.07, 6.45) is 10.8. The average molecular weight is 317 g/mol. The molecule has 0 saturated heterocycles. The van der Waals surface area contributed by atoms with E-state index in [2.05, 4.69) is 20.3 Å². The molecule has 5 rings (SSSR count). The van der Waals surface area contributed by atoms with E-state index in [1.54, 1.807) is 12.4 Å². The number of carbonyl (C=O) groups excluding carboxylic acids is 1. The molecule has 0 unspecified atom stereocenters. The van der Waals surface area contributed by atoms with Crippen molar-refractivity contribution in [1.29, 1.82) is 0 Å². The molecule has 2 aromatic heterocycles. The maximum absolute atomic E-state index is 11.6. The van der Waals surface area contributed by atoms with Crippen LogP contribution in [0, 0.1) is 0 Å². The molecule has 1 saturated carbocycles. The number of hydrogen-bond acceptors (Lipinski definition) is 4. The van der Waals surface area contributed by atoms with E-state index in [1.807, 2.05) is 35.0 Å². The second kappa shape index (κ2) is 4.99. The van der Waals surface area contributed by atoms with Crippen molar-refractivity contribution in [3.05, 3.63) is 47.9 Å². The molecular weight excluding hydrogens is 302 g/mol. The van der Waals surface area contributed by atoms with Gasteiger partial charge in [-0.25, -0.2) is 15.0 Å². The van der Waals surface area contributed by atoms with Gasteiger partial charge in [0.2, 0.25) is 0 Å². The molecule has 0 atom stereocenters. The Bertz CT molecular complexity index is 1000. The molecular formula is C18H15N5O. The lowest BCUT2D eigenvalue weighted by Crippen LogP contribution is -2.27. The summed E-state index contributed by atoms with van der Waals surface area (Å²) in [5.74, 6) is 0.647. The minimum atomic E-state index is -0.178. The van der Waals surface area contributed by atoms with Gasteiger partial charge in [-0.3, -0.25) is 9.20 Å².